The van der Waals surface area contributed by atoms with Gasteiger partial charge in [-0.2, -0.15) is 13.2 Å². The van der Waals surface area contributed by atoms with E-state index in [1.54, 1.807) is 36.4 Å². The number of H-pyrrole nitrogens is 1. The molecule has 0 spiro atoms. The number of carbonyl (C=O) groups excluding carboxylic acids is 2. The van der Waals surface area contributed by atoms with Crippen molar-refractivity contribution in [3.63, 3.8) is 0 Å². The smallest absolute Gasteiger partial charge is 0.366 e. The number of hydrogen-bond acceptors (Lipinski definition) is 3. The molecule has 0 fully saturated rings. The predicted molar refractivity (Wildman–Crippen MR) is 146 cm³/mol. The maximum absolute atomic E-state index is 14.0. The van der Waals surface area contributed by atoms with Crippen LogP contribution in [0.1, 0.15) is 38.8 Å². The molecule has 6 nitrogen and oxygen atoms in total. The van der Waals surface area contributed by atoms with E-state index in [9.17, 15) is 31.5 Å². The Balaban J connectivity index is 1.49. The molecule has 214 valence electrons. The lowest BCUT2D eigenvalue weighted by molar-refractivity contribution is -0.137. The lowest BCUT2D eigenvalue weighted by Gasteiger charge is -2.22. The molecule has 0 aliphatic heterocycles. The molecule has 0 saturated heterocycles. The van der Waals surface area contributed by atoms with Crippen molar-refractivity contribution in [2.24, 2.45) is 5.73 Å². The number of primary amides is 1. The summed E-state index contributed by atoms with van der Waals surface area (Å²) in [5.74, 6) is -2.71. The number of pyridine rings is 1. The van der Waals surface area contributed by atoms with Crippen LogP contribution >= 0.6 is 0 Å². The molecule has 0 bridgehead atoms. The lowest BCUT2D eigenvalue weighted by atomic mass is 9.94. The summed E-state index contributed by atoms with van der Waals surface area (Å²) >= 11 is 0. The van der Waals surface area contributed by atoms with Crippen LogP contribution in [-0.4, -0.2) is 21.8 Å². The number of nitrogens with two attached hydrogens (primary N) is 1. The van der Waals surface area contributed by atoms with Crippen molar-refractivity contribution in [3.8, 4) is 11.1 Å². The monoisotopic (exact) mass is 578 g/mol. The average Bonchev–Trinajstić information content (AvgIpc) is 3.33. The summed E-state index contributed by atoms with van der Waals surface area (Å²) in [6.07, 6.45) is -1.79. The van der Waals surface area contributed by atoms with Crippen LogP contribution < -0.4 is 11.1 Å². The normalized spacial score (nSPS) is 12.3. The van der Waals surface area contributed by atoms with Gasteiger partial charge in [0, 0.05) is 40.5 Å². The molecule has 0 aliphatic rings. The Bertz CT molecular complexity index is 1780. The first-order chi connectivity index (χ1) is 20.0. The fourth-order valence-corrected chi connectivity index (χ4v) is 4.89. The molecule has 3 aromatic carbocycles. The summed E-state index contributed by atoms with van der Waals surface area (Å²) in [6, 6.07) is 15.3. The molecule has 0 unspecified atom stereocenters. The van der Waals surface area contributed by atoms with E-state index < -0.39 is 41.2 Å². The SMILES string of the molecule is NC(=O)c1cccc(-c2cccnc2[C@H](Cc2cc(F)cc(F)c2)NC(=O)Cc2c[nH]c3cc(C(F)(F)F)ccc23)c1. The molecular formula is C31H23F5N4O2. The molecule has 0 aliphatic carbocycles. The minimum Gasteiger partial charge on any atom is -0.366 e. The van der Waals surface area contributed by atoms with Crippen LogP contribution in [0, 0.1) is 11.6 Å². The van der Waals surface area contributed by atoms with Gasteiger partial charge in [0.1, 0.15) is 11.6 Å². The van der Waals surface area contributed by atoms with Crippen LogP contribution in [0.15, 0.2) is 85.2 Å². The molecule has 2 amide bonds. The Kier molecular flexibility index (Phi) is 7.75. The predicted octanol–water partition coefficient (Wildman–Crippen LogP) is 6.27. The summed E-state index contributed by atoms with van der Waals surface area (Å²) in [4.78, 5) is 32.4. The second-order valence-electron chi connectivity index (χ2n) is 9.73. The van der Waals surface area contributed by atoms with Crippen LogP contribution in [0.4, 0.5) is 22.0 Å². The Morgan fingerprint density at radius 3 is 2.43 bits per heavy atom. The van der Waals surface area contributed by atoms with Crippen LogP contribution in [-0.2, 0) is 23.8 Å². The summed E-state index contributed by atoms with van der Waals surface area (Å²) in [5.41, 5.74) is 7.32. The van der Waals surface area contributed by atoms with Crippen molar-refractivity contribution in [1.82, 2.24) is 15.3 Å². The number of nitrogens with zero attached hydrogens (tertiary/aromatic N) is 1. The van der Waals surface area contributed by atoms with Gasteiger partial charge in [0.25, 0.3) is 0 Å². The van der Waals surface area contributed by atoms with Crippen LogP contribution in [0.2, 0.25) is 0 Å². The van der Waals surface area contributed by atoms with Crippen LogP contribution in [0.5, 0.6) is 0 Å². The highest BCUT2D eigenvalue weighted by Gasteiger charge is 2.31. The van der Waals surface area contributed by atoms with Gasteiger partial charge in [-0.15, -0.1) is 0 Å². The fourth-order valence-electron chi connectivity index (χ4n) is 4.89. The van der Waals surface area contributed by atoms with Gasteiger partial charge >= 0.3 is 6.18 Å². The zero-order valence-corrected chi connectivity index (χ0v) is 21.8. The Morgan fingerprint density at radius 1 is 0.952 bits per heavy atom. The Labute approximate surface area is 236 Å². The van der Waals surface area contributed by atoms with Gasteiger partial charge in [-0.25, -0.2) is 8.78 Å². The minimum atomic E-state index is -4.52. The number of hydrogen-bond donors (Lipinski definition) is 3. The van der Waals surface area contributed by atoms with Crippen LogP contribution in [0.25, 0.3) is 22.0 Å². The zero-order valence-electron chi connectivity index (χ0n) is 21.8. The summed E-state index contributed by atoms with van der Waals surface area (Å²) in [5, 5.41) is 3.32. The van der Waals surface area contributed by atoms with E-state index in [2.05, 4.69) is 15.3 Å². The van der Waals surface area contributed by atoms with E-state index in [4.69, 9.17) is 5.73 Å². The maximum atomic E-state index is 14.0. The highest BCUT2D eigenvalue weighted by Crippen LogP contribution is 2.33. The quantitative estimate of drug-likeness (QED) is 0.189. The third-order valence-electron chi connectivity index (χ3n) is 6.77. The van der Waals surface area contributed by atoms with Crippen molar-refractivity contribution >= 4 is 22.7 Å². The van der Waals surface area contributed by atoms with Crippen molar-refractivity contribution in [3.05, 3.63) is 125 Å². The number of carbonyl (C=O) groups is 2. The second kappa shape index (κ2) is 11.4. The highest BCUT2D eigenvalue weighted by atomic mass is 19.4. The third-order valence-corrected chi connectivity index (χ3v) is 6.77. The summed E-state index contributed by atoms with van der Waals surface area (Å²) in [6.45, 7) is 0. The summed E-state index contributed by atoms with van der Waals surface area (Å²) in [7, 11) is 0. The van der Waals surface area contributed by atoms with Crippen molar-refractivity contribution < 1.29 is 31.5 Å². The molecule has 2 heterocycles. The highest BCUT2D eigenvalue weighted by molar-refractivity contribution is 5.94. The zero-order chi connectivity index (χ0) is 30.0. The van der Waals surface area contributed by atoms with Gasteiger partial charge in [-0.05, 0) is 65.6 Å². The first-order valence-corrected chi connectivity index (χ1v) is 12.7. The molecule has 1 atom stereocenters. The van der Waals surface area contributed by atoms with E-state index in [0.29, 0.717) is 27.8 Å². The van der Waals surface area contributed by atoms with Gasteiger partial charge in [-0.1, -0.05) is 24.3 Å². The first kappa shape index (κ1) is 28.5. The number of aromatic amines is 1. The number of halogens is 5. The third kappa shape index (κ3) is 6.30. The fraction of sp³-hybridized carbons (Fsp3) is 0.129. The minimum absolute atomic E-state index is 0.0389. The number of alkyl halides is 3. The second-order valence-corrected chi connectivity index (χ2v) is 9.73. The molecule has 42 heavy (non-hydrogen) atoms. The van der Waals surface area contributed by atoms with E-state index in [-0.39, 0.29) is 29.5 Å². The first-order valence-electron chi connectivity index (χ1n) is 12.7. The Hall–Kier alpha value is -5.06. The number of aromatic nitrogens is 2. The van der Waals surface area contributed by atoms with Gasteiger partial charge in [-0.3, -0.25) is 14.6 Å². The number of benzene rings is 3. The topological polar surface area (TPSA) is 101 Å². The Morgan fingerprint density at radius 2 is 1.71 bits per heavy atom. The molecule has 0 saturated carbocycles. The number of fused-ring (bicyclic) bond motifs is 1. The molecule has 11 heteroatoms. The van der Waals surface area contributed by atoms with Gasteiger partial charge < -0.3 is 16.0 Å². The van der Waals surface area contributed by atoms with E-state index in [1.807, 2.05) is 0 Å². The number of amides is 2. The maximum Gasteiger partial charge on any atom is 0.416 e. The molecule has 5 aromatic rings. The van der Waals surface area contributed by atoms with Crippen LogP contribution in [0.3, 0.4) is 0 Å². The van der Waals surface area contributed by atoms with Crippen molar-refractivity contribution in [2.75, 3.05) is 0 Å². The van der Waals surface area contributed by atoms with E-state index in [1.165, 1.54) is 18.5 Å². The molecule has 4 N–H and O–H groups in total. The lowest BCUT2D eigenvalue weighted by Crippen LogP contribution is -2.32. The number of rotatable bonds is 8. The molecular weight excluding hydrogens is 555 g/mol. The van der Waals surface area contributed by atoms with Crippen molar-refractivity contribution in [2.45, 2.75) is 25.1 Å². The largest absolute Gasteiger partial charge is 0.416 e. The molecule has 5 rings (SSSR count). The van der Waals surface area contributed by atoms with Crippen molar-refractivity contribution in [1.29, 1.82) is 0 Å². The summed E-state index contributed by atoms with van der Waals surface area (Å²) < 4.78 is 67.5. The molecule has 2 aromatic heterocycles. The van der Waals surface area contributed by atoms with Gasteiger partial charge in [0.2, 0.25) is 11.8 Å². The van der Waals surface area contributed by atoms with E-state index >= 15 is 0 Å². The molecule has 0 radical (unpaired) electrons. The van der Waals surface area contributed by atoms with Gasteiger partial charge in [0.05, 0.1) is 23.7 Å². The van der Waals surface area contributed by atoms with E-state index in [0.717, 1.165) is 30.3 Å². The average molecular weight is 579 g/mol. The number of nitrogens with one attached hydrogen (secondary N) is 2. The standard InChI is InChI=1S/C31H23F5N4O2/c32-22-9-17(10-23(33)15-22)11-27(29-25(5-2-8-38-29)18-3-1-4-19(12-18)30(37)42)40-28(41)13-20-16-39-26-14-21(31(34,35)36)6-7-24(20)26/h1-10,12,14-16,27,39H,11,13H2,(H2,37,42)(H,40,41)/t27-/m0/s1. The van der Waals surface area contributed by atoms with Gasteiger partial charge in [0.15, 0.2) is 0 Å².